The second kappa shape index (κ2) is 7.85. The Labute approximate surface area is 126 Å². The van der Waals surface area contributed by atoms with Gasteiger partial charge in [-0.05, 0) is 18.8 Å². The Bertz CT molecular complexity index is 409. The third-order valence-electron chi connectivity index (χ3n) is 3.79. The summed E-state index contributed by atoms with van der Waals surface area (Å²) in [5.74, 6) is 0.708. The molecule has 0 radical (unpaired) electrons. The Morgan fingerprint density at radius 3 is 2.33 bits per heavy atom. The van der Waals surface area contributed by atoms with Crippen molar-refractivity contribution < 1.29 is 14.3 Å². The number of nitrogens with one attached hydrogen (secondary N) is 1. The van der Waals surface area contributed by atoms with E-state index in [1.54, 1.807) is 26.0 Å². The van der Waals surface area contributed by atoms with Gasteiger partial charge in [0.25, 0.3) is 0 Å². The van der Waals surface area contributed by atoms with Gasteiger partial charge in [-0.25, -0.2) is 9.59 Å². The molecule has 2 atom stereocenters. The highest BCUT2D eigenvalue weighted by Gasteiger charge is 2.26. The van der Waals surface area contributed by atoms with Gasteiger partial charge in [0.2, 0.25) is 5.96 Å². The molecule has 1 aliphatic rings. The minimum atomic E-state index is -0.732. The molecule has 0 aliphatic heterocycles. The van der Waals surface area contributed by atoms with Gasteiger partial charge in [0.05, 0.1) is 7.11 Å². The molecule has 1 saturated carbocycles. The van der Waals surface area contributed by atoms with E-state index in [9.17, 15) is 9.59 Å². The van der Waals surface area contributed by atoms with Crippen molar-refractivity contribution in [1.82, 2.24) is 15.1 Å². The highest BCUT2D eigenvalue weighted by molar-refractivity contribution is 5.99. The molecule has 1 fully saturated rings. The predicted molar refractivity (Wildman–Crippen MR) is 81.2 cm³/mol. The number of carbonyl (C=O) groups excluding carboxylic acids is 2. The number of urea groups is 1. The van der Waals surface area contributed by atoms with Crippen LogP contribution in [0.25, 0.3) is 0 Å². The van der Waals surface area contributed by atoms with Crippen LogP contribution in [0.3, 0.4) is 0 Å². The summed E-state index contributed by atoms with van der Waals surface area (Å²) in [4.78, 5) is 30.3. The summed E-state index contributed by atoms with van der Waals surface area (Å²) in [7, 11) is 6.27. The molecule has 120 valence electrons. The van der Waals surface area contributed by atoms with Crippen molar-refractivity contribution >= 4 is 18.1 Å². The van der Waals surface area contributed by atoms with Gasteiger partial charge in [-0.2, -0.15) is 0 Å². The van der Waals surface area contributed by atoms with Crippen LogP contribution in [0.2, 0.25) is 0 Å². The van der Waals surface area contributed by atoms with Crippen LogP contribution in [0.1, 0.15) is 32.6 Å². The van der Waals surface area contributed by atoms with Crippen molar-refractivity contribution in [3.63, 3.8) is 0 Å². The first-order valence-electron chi connectivity index (χ1n) is 7.25. The molecule has 7 nitrogen and oxygen atoms in total. The molecule has 0 aromatic rings. The fourth-order valence-corrected chi connectivity index (χ4v) is 2.48. The highest BCUT2D eigenvalue weighted by Crippen LogP contribution is 2.23. The number of methoxy groups -OCH3 is 1. The molecule has 0 spiro atoms. The number of rotatable bonds is 1. The summed E-state index contributed by atoms with van der Waals surface area (Å²) >= 11 is 0. The molecule has 0 bridgehead atoms. The zero-order chi connectivity index (χ0) is 16.0. The van der Waals surface area contributed by atoms with Crippen LogP contribution in [-0.2, 0) is 4.74 Å². The number of amides is 3. The van der Waals surface area contributed by atoms with Gasteiger partial charge in [0, 0.05) is 27.2 Å². The maximum Gasteiger partial charge on any atom is 0.436 e. The Kier molecular flexibility index (Phi) is 6.45. The largest absolute Gasteiger partial charge is 0.451 e. The molecule has 0 aromatic carbocycles. The Balaban J connectivity index is 2.74. The number of guanidine groups is 1. The maximum absolute atomic E-state index is 12.3. The van der Waals surface area contributed by atoms with Crippen molar-refractivity contribution in [3.05, 3.63) is 0 Å². The first-order valence-corrected chi connectivity index (χ1v) is 7.25. The van der Waals surface area contributed by atoms with Gasteiger partial charge in [-0.1, -0.05) is 19.8 Å². The number of carbonyl (C=O) groups is 2. The fraction of sp³-hybridized carbons (Fsp3) is 0.786. The lowest BCUT2D eigenvalue weighted by Crippen LogP contribution is -2.51. The van der Waals surface area contributed by atoms with E-state index in [2.05, 4.69) is 22.0 Å². The van der Waals surface area contributed by atoms with Crippen LogP contribution >= 0.6 is 0 Å². The fourth-order valence-electron chi connectivity index (χ4n) is 2.48. The molecule has 2 unspecified atom stereocenters. The van der Waals surface area contributed by atoms with Gasteiger partial charge in [-0.15, -0.1) is 4.99 Å². The minimum Gasteiger partial charge on any atom is -0.451 e. The molecule has 0 saturated heterocycles. The van der Waals surface area contributed by atoms with Gasteiger partial charge in [0.15, 0.2) is 0 Å². The first-order chi connectivity index (χ1) is 9.86. The van der Waals surface area contributed by atoms with E-state index >= 15 is 0 Å². The second-order valence-electron chi connectivity index (χ2n) is 5.65. The molecule has 0 aromatic heterocycles. The quantitative estimate of drug-likeness (QED) is 0.592. The molecule has 1 N–H and O–H groups in total. The van der Waals surface area contributed by atoms with Crippen LogP contribution in [0.15, 0.2) is 4.99 Å². The van der Waals surface area contributed by atoms with Gasteiger partial charge in [0.1, 0.15) is 0 Å². The first kappa shape index (κ1) is 17.3. The summed E-state index contributed by atoms with van der Waals surface area (Å²) in [6, 6.07) is -0.0830. The third kappa shape index (κ3) is 4.91. The summed E-state index contributed by atoms with van der Waals surface area (Å²) in [5.41, 5.74) is 0. The molecule has 0 heterocycles. The molecular formula is C14H26N4O3. The van der Waals surface area contributed by atoms with E-state index in [1.807, 2.05) is 0 Å². The summed E-state index contributed by atoms with van der Waals surface area (Å²) < 4.78 is 4.52. The van der Waals surface area contributed by atoms with Gasteiger partial charge in [-0.3, -0.25) is 4.90 Å². The number of hydrogen-bond acceptors (Lipinski definition) is 3. The Morgan fingerprint density at radius 2 is 1.81 bits per heavy atom. The standard InChI is InChI=1S/C14H26N4O3/c1-10-8-6-7-9-11(10)15-13(19)18(4)12(17(2)3)16-14(20)21-5/h10-11H,6-9H2,1-5H3,(H,15,19)/b16-12-. The van der Waals surface area contributed by atoms with Gasteiger partial charge >= 0.3 is 12.1 Å². The Hall–Kier alpha value is -1.79. The van der Waals surface area contributed by atoms with Crippen molar-refractivity contribution in [1.29, 1.82) is 0 Å². The summed E-state index contributed by atoms with van der Waals surface area (Å²) in [6.45, 7) is 2.15. The lowest BCUT2D eigenvalue weighted by molar-refractivity contribution is 0.181. The topological polar surface area (TPSA) is 74.2 Å². The van der Waals surface area contributed by atoms with E-state index in [1.165, 1.54) is 18.4 Å². The molecule has 1 aliphatic carbocycles. The molecule has 3 amide bonds. The van der Waals surface area contributed by atoms with Crippen LogP contribution in [0.4, 0.5) is 9.59 Å². The van der Waals surface area contributed by atoms with E-state index < -0.39 is 6.09 Å². The SMILES string of the molecule is COC(=O)/N=C(/N(C)C)N(C)C(=O)NC1CCCCC1C. The number of aliphatic imine (C=N–C) groups is 1. The number of hydrogen-bond donors (Lipinski definition) is 1. The third-order valence-corrected chi connectivity index (χ3v) is 3.79. The normalized spacial score (nSPS) is 22.4. The van der Waals surface area contributed by atoms with Crippen LogP contribution in [0, 0.1) is 5.92 Å². The van der Waals surface area contributed by atoms with Crippen LogP contribution < -0.4 is 5.32 Å². The average molecular weight is 298 g/mol. The average Bonchev–Trinajstić information content (AvgIpc) is 2.45. The Morgan fingerprint density at radius 1 is 1.19 bits per heavy atom. The minimum absolute atomic E-state index is 0.176. The number of ether oxygens (including phenoxy) is 1. The van der Waals surface area contributed by atoms with E-state index in [0.29, 0.717) is 5.92 Å². The lowest BCUT2D eigenvalue weighted by atomic mass is 9.86. The number of nitrogens with zero attached hydrogens (tertiary/aromatic N) is 3. The zero-order valence-corrected chi connectivity index (χ0v) is 13.5. The molecule has 1 rings (SSSR count). The zero-order valence-electron chi connectivity index (χ0n) is 13.5. The highest BCUT2D eigenvalue weighted by atomic mass is 16.5. The summed E-state index contributed by atoms with van der Waals surface area (Å²) in [6.07, 6.45) is 3.74. The smallest absolute Gasteiger partial charge is 0.436 e. The van der Waals surface area contributed by atoms with Crippen LogP contribution in [0.5, 0.6) is 0 Å². The molecule has 21 heavy (non-hydrogen) atoms. The monoisotopic (exact) mass is 298 g/mol. The molecular weight excluding hydrogens is 272 g/mol. The van der Waals surface area contributed by atoms with E-state index in [-0.39, 0.29) is 18.0 Å². The van der Waals surface area contributed by atoms with Crippen molar-refractivity contribution in [3.8, 4) is 0 Å². The maximum atomic E-state index is 12.3. The summed E-state index contributed by atoms with van der Waals surface area (Å²) in [5, 5.41) is 3.02. The van der Waals surface area contributed by atoms with Gasteiger partial charge < -0.3 is 15.0 Å². The molecule has 7 heteroatoms. The van der Waals surface area contributed by atoms with Crippen molar-refractivity contribution in [2.45, 2.75) is 38.6 Å². The van der Waals surface area contributed by atoms with E-state index in [4.69, 9.17) is 0 Å². The van der Waals surface area contributed by atoms with E-state index in [0.717, 1.165) is 19.3 Å². The lowest BCUT2D eigenvalue weighted by Gasteiger charge is -2.32. The predicted octanol–water partition coefficient (Wildman–Crippen LogP) is 1.89. The van der Waals surface area contributed by atoms with Crippen LogP contribution in [-0.4, -0.2) is 62.2 Å². The second-order valence-corrected chi connectivity index (χ2v) is 5.65. The van der Waals surface area contributed by atoms with Crippen molar-refractivity contribution in [2.75, 3.05) is 28.3 Å². The van der Waals surface area contributed by atoms with Crippen molar-refractivity contribution in [2.24, 2.45) is 10.9 Å².